The van der Waals surface area contributed by atoms with Crippen LogP contribution in [0.5, 0.6) is 0 Å². The molecule has 0 heterocycles. The maximum Gasteiger partial charge on any atom is 0.303 e. The summed E-state index contributed by atoms with van der Waals surface area (Å²) in [5, 5.41) is 0. The van der Waals surface area contributed by atoms with Gasteiger partial charge in [-0.05, 0) is 19.8 Å². The molecule has 60 valence electrons. The van der Waals surface area contributed by atoms with E-state index in [0.717, 1.165) is 12.8 Å². The number of hydrogen-bond acceptors (Lipinski definition) is 2. The molecule has 0 aliphatic heterocycles. The normalized spacial score (nSPS) is 11.2. The van der Waals surface area contributed by atoms with Crippen LogP contribution in [0.15, 0.2) is 0 Å². The fourth-order valence-electron chi connectivity index (χ4n) is 0.741. The molecule has 2 heteroatoms. The van der Waals surface area contributed by atoms with Gasteiger partial charge in [-0.3, -0.25) is 4.79 Å². The Bertz CT molecular complexity index is 114. The quantitative estimate of drug-likeness (QED) is 0.567. The van der Waals surface area contributed by atoms with E-state index >= 15 is 0 Å². The fraction of sp³-hybridized carbons (Fsp3) is 0.875. The zero-order valence-corrected chi connectivity index (χ0v) is 7.23. The zero-order chi connectivity index (χ0) is 8.20. The average molecular weight is 144 g/mol. The molecule has 10 heavy (non-hydrogen) atoms. The van der Waals surface area contributed by atoms with Gasteiger partial charge in [-0.2, -0.15) is 0 Å². The molecule has 0 saturated carbocycles. The van der Waals surface area contributed by atoms with E-state index < -0.39 is 0 Å². The highest BCUT2D eigenvalue weighted by atomic mass is 16.6. The van der Waals surface area contributed by atoms with Crippen molar-refractivity contribution in [2.75, 3.05) is 0 Å². The van der Waals surface area contributed by atoms with Crippen molar-refractivity contribution >= 4 is 5.97 Å². The van der Waals surface area contributed by atoms with Gasteiger partial charge in [-0.1, -0.05) is 13.8 Å². The van der Waals surface area contributed by atoms with E-state index in [1.54, 1.807) is 0 Å². The molecule has 0 spiro atoms. The Kier molecular flexibility index (Phi) is 3.40. The summed E-state index contributed by atoms with van der Waals surface area (Å²) in [7, 11) is 0. The Morgan fingerprint density at radius 3 is 1.90 bits per heavy atom. The summed E-state index contributed by atoms with van der Waals surface area (Å²) in [6.07, 6.45) is 1.76. The van der Waals surface area contributed by atoms with Crippen LogP contribution in [-0.2, 0) is 9.53 Å². The van der Waals surface area contributed by atoms with Crippen LogP contribution in [-0.4, -0.2) is 11.6 Å². The lowest BCUT2D eigenvalue weighted by Gasteiger charge is -2.25. The van der Waals surface area contributed by atoms with Gasteiger partial charge in [0.15, 0.2) is 0 Å². The second-order valence-corrected chi connectivity index (χ2v) is 2.75. The Balaban J connectivity index is 3.92. The predicted octanol–water partition coefficient (Wildman–Crippen LogP) is 2.13. The van der Waals surface area contributed by atoms with Crippen LogP contribution < -0.4 is 0 Å². The van der Waals surface area contributed by atoms with Crippen LogP contribution in [0.25, 0.3) is 0 Å². The van der Waals surface area contributed by atoms with Gasteiger partial charge in [0.05, 0.1) is 0 Å². The molecule has 0 aliphatic carbocycles. The van der Waals surface area contributed by atoms with Crippen molar-refractivity contribution in [1.82, 2.24) is 0 Å². The molecule has 0 saturated heterocycles. The van der Waals surface area contributed by atoms with E-state index in [2.05, 4.69) is 0 Å². The third-order valence-corrected chi connectivity index (χ3v) is 1.89. The summed E-state index contributed by atoms with van der Waals surface area (Å²) in [4.78, 5) is 10.6. The van der Waals surface area contributed by atoms with Crippen molar-refractivity contribution in [1.29, 1.82) is 0 Å². The zero-order valence-electron chi connectivity index (χ0n) is 7.23. The van der Waals surface area contributed by atoms with Crippen LogP contribution in [0.2, 0.25) is 0 Å². The molecule has 0 radical (unpaired) electrons. The molecule has 0 aliphatic rings. The lowest BCUT2D eigenvalue weighted by atomic mass is 10.0. The van der Waals surface area contributed by atoms with Crippen molar-refractivity contribution in [3.05, 3.63) is 0 Å². The smallest absolute Gasteiger partial charge is 0.303 e. The highest BCUT2D eigenvalue weighted by Gasteiger charge is 2.22. The molecule has 0 aromatic rings. The van der Waals surface area contributed by atoms with Crippen molar-refractivity contribution in [3.8, 4) is 0 Å². The standard InChI is InChI=1S/C8H16O2/c1-5-8(4,6-2)10-7(3)9/h5-6H2,1-4H3. The van der Waals surface area contributed by atoms with Gasteiger partial charge in [0.25, 0.3) is 0 Å². The summed E-state index contributed by atoms with van der Waals surface area (Å²) in [6.45, 7) is 7.44. The van der Waals surface area contributed by atoms with Crippen LogP contribution in [0, 0.1) is 0 Å². The van der Waals surface area contributed by atoms with Gasteiger partial charge in [-0.25, -0.2) is 0 Å². The molecule has 0 bridgehead atoms. The average Bonchev–Trinajstić information content (AvgIpc) is 1.87. The molecule has 0 unspecified atom stereocenters. The number of esters is 1. The number of ether oxygens (including phenoxy) is 1. The van der Waals surface area contributed by atoms with Gasteiger partial charge in [0.1, 0.15) is 5.60 Å². The molecule has 0 N–H and O–H groups in total. The maximum absolute atomic E-state index is 10.6. The second kappa shape index (κ2) is 3.59. The summed E-state index contributed by atoms with van der Waals surface area (Å²) >= 11 is 0. The molecule has 2 nitrogen and oxygen atoms in total. The molecular formula is C8H16O2. The molecule has 0 amide bonds. The van der Waals surface area contributed by atoms with E-state index in [4.69, 9.17) is 4.74 Å². The first-order valence-corrected chi connectivity index (χ1v) is 3.73. The SMILES string of the molecule is CCC(C)(CC)OC(C)=O. The fourth-order valence-corrected chi connectivity index (χ4v) is 0.741. The van der Waals surface area contributed by atoms with Gasteiger partial charge in [0.2, 0.25) is 0 Å². The highest BCUT2D eigenvalue weighted by molar-refractivity contribution is 5.66. The van der Waals surface area contributed by atoms with Crippen molar-refractivity contribution in [2.24, 2.45) is 0 Å². The van der Waals surface area contributed by atoms with Crippen LogP contribution in [0.3, 0.4) is 0 Å². The molecular weight excluding hydrogens is 128 g/mol. The van der Waals surface area contributed by atoms with E-state index in [9.17, 15) is 4.79 Å². The first kappa shape index (κ1) is 9.47. The lowest BCUT2D eigenvalue weighted by molar-refractivity contribution is -0.155. The minimum Gasteiger partial charge on any atom is -0.460 e. The van der Waals surface area contributed by atoms with Crippen LogP contribution >= 0.6 is 0 Å². The minimum absolute atomic E-state index is 0.189. The maximum atomic E-state index is 10.6. The molecule has 0 atom stereocenters. The number of hydrogen-bond donors (Lipinski definition) is 0. The summed E-state index contributed by atoms with van der Waals surface area (Å²) in [5.41, 5.74) is -0.244. The lowest BCUT2D eigenvalue weighted by Crippen LogP contribution is -2.28. The Hall–Kier alpha value is -0.530. The third kappa shape index (κ3) is 2.85. The third-order valence-electron chi connectivity index (χ3n) is 1.89. The predicted molar refractivity (Wildman–Crippen MR) is 40.8 cm³/mol. The first-order valence-electron chi connectivity index (χ1n) is 3.73. The number of rotatable bonds is 3. The first-order chi connectivity index (χ1) is 4.54. The molecule has 0 aromatic carbocycles. The summed E-state index contributed by atoms with van der Waals surface area (Å²) in [6, 6.07) is 0. The molecule has 0 rings (SSSR count). The van der Waals surface area contributed by atoms with Crippen molar-refractivity contribution in [3.63, 3.8) is 0 Å². The molecule has 0 fully saturated rings. The van der Waals surface area contributed by atoms with Crippen LogP contribution in [0.4, 0.5) is 0 Å². The monoisotopic (exact) mass is 144 g/mol. The van der Waals surface area contributed by atoms with Crippen molar-refractivity contribution < 1.29 is 9.53 Å². The number of carbonyl (C=O) groups excluding carboxylic acids is 1. The Morgan fingerprint density at radius 1 is 1.40 bits per heavy atom. The van der Waals surface area contributed by atoms with E-state index in [-0.39, 0.29) is 11.6 Å². The largest absolute Gasteiger partial charge is 0.460 e. The van der Waals surface area contributed by atoms with E-state index in [0.29, 0.717) is 0 Å². The highest BCUT2D eigenvalue weighted by Crippen LogP contribution is 2.18. The number of carbonyl (C=O) groups is 1. The van der Waals surface area contributed by atoms with Gasteiger partial charge >= 0.3 is 5.97 Å². The summed E-state index contributed by atoms with van der Waals surface area (Å²) in [5.74, 6) is -0.189. The molecule has 0 aromatic heterocycles. The minimum atomic E-state index is -0.244. The van der Waals surface area contributed by atoms with Gasteiger partial charge in [-0.15, -0.1) is 0 Å². The Morgan fingerprint density at radius 2 is 1.80 bits per heavy atom. The Labute approximate surface area is 62.6 Å². The van der Waals surface area contributed by atoms with E-state index in [1.807, 2.05) is 20.8 Å². The topological polar surface area (TPSA) is 26.3 Å². The van der Waals surface area contributed by atoms with Gasteiger partial charge in [0, 0.05) is 6.92 Å². The van der Waals surface area contributed by atoms with Gasteiger partial charge < -0.3 is 4.74 Å². The van der Waals surface area contributed by atoms with Crippen LogP contribution in [0.1, 0.15) is 40.5 Å². The second-order valence-electron chi connectivity index (χ2n) is 2.75. The van der Waals surface area contributed by atoms with E-state index in [1.165, 1.54) is 6.92 Å². The van der Waals surface area contributed by atoms with Crippen molar-refractivity contribution in [2.45, 2.75) is 46.1 Å². The summed E-state index contributed by atoms with van der Waals surface area (Å²) < 4.78 is 5.10.